The van der Waals surface area contributed by atoms with Crippen LogP contribution in [0.2, 0.25) is 0 Å². The minimum Gasteiger partial charge on any atom is -0.368 e. The van der Waals surface area contributed by atoms with E-state index >= 15 is 0 Å². The SMILES string of the molecule is Cc1nn(C)cc1C(=O)N1CCO[C@@H](c2cncc(-c3cccc(F)c3)n2)C1. The highest BCUT2D eigenvalue weighted by atomic mass is 19.1. The molecule has 7 nitrogen and oxygen atoms in total. The number of nitrogens with zero attached hydrogens (tertiary/aromatic N) is 5. The molecule has 3 heterocycles. The molecule has 3 aromatic rings. The lowest BCUT2D eigenvalue weighted by atomic mass is 10.1. The Morgan fingerprint density at radius 3 is 2.93 bits per heavy atom. The van der Waals surface area contributed by atoms with Gasteiger partial charge in [0.25, 0.3) is 5.91 Å². The van der Waals surface area contributed by atoms with Gasteiger partial charge in [-0.05, 0) is 19.1 Å². The van der Waals surface area contributed by atoms with E-state index in [2.05, 4.69) is 15.1 Å². The number of amides is 1. The molecule has 1 amide bonds. The third-order valence-electron chi connectivity index (χ3n) is 4.70. The molecule has 0 saturated carbocycles. The van der Waals surface area contributed by atoms with Gasteiger partial charge in [-0.25, -0.2) is 9.37 Å². The van der Waals surface area contributed by atoms with Gasteiger partial charge >= 0.3 is 0 Å². The predicted octanol–water partition coefficient (Wildman–Crippen LogP) is 2.54. The van der Waals surface area contributed by atoms with Gasteiger partial charge in [0.05, 0.1) is 48.2 Å². The maximum atomic E-state index is 13.5. The molecule has 1 aromatic carbocycles. The van der Waals surface area contributed by atoms with Gasteiger partial charge in [0.15, 0.2) is 0 Å². The van der Waals surface area contributed by atoms with Crippen LogP contribution in [0.3, 0.4) is 0 Å². The largest absolute Gasteiger partial charge is 0.368 e. The maximum absolute atomic E-state index is 13.5. The second-order valence-corrected chi connectivity index (χ2v) is 6.75. The summed E-state index contributed by atoms with van der Waals surface area (Å²) in [7, 11) is 1.79. The predicted molar refractivity (Wildman–Crippen MR) is 100.0 cm³/mol. The molecule has 8 heteroatoms. The number of carbonyl (C=O) groups is 1. The van der Waals surface area contributed by atoms with Gasteiger partial charge in [-0.15, -0.1) is 0 Å². The van der Waals surface area contributed by atoms with Crippen molar-refractivity contribution in [1.29, 1.82) is 0 Å². The lowest BCUT2D eigenvalue weighted by Gasteiger charge is -2.32. The first-order valence-corrected chi connectivity index (χ1v) is 9.00. The van der Waals surface area contributed by atoms with Gasteiger partial charge in [-0.1, -0.05) is 12.1 Å². The van der Waals surface area contributed by atoms with Crippen LogP contribution in [0, 0.1) is 12.7 Å². The molecule has 144 valence electrons. The number of aryl methyl sites for hydroxylation is 2. The quantitative estimate of drug-likeness (QED) is 0.697. The molecule has 0 unspecified atom stereocenters. The number of carbonyl (C=O) groups excluding carboxylic acids is 1. The number of hydrogen-bond donors (Lipinski definition) is 0. The van der Waals surface area contributed by atoms with E-state index in [1.807, 2.05) is 6.92 Å². The Morgan fingerprint density at radius 1 is 1.32 bits per heavy atom. The summed E-state index contributed by atoms with van der Waals surface area (Å²) < 4.78 is 21.0. The zero-order chi connectivity index (χ0) is 19.7. The number of aromatic nitrogens is 4. The van der Waals surface area contributed by atoms with E-state index in [9.17, 15) is 9.18 Å². The summed E-state index contributed by atoms with van der Waals surface area (Å²) in [5.41, 5.74) is 3.10. The van der Waals surface area contributed by atoms with Gasteiger partial charge < -0.3 is 9.64 Å². The third-order valence-corrected chi connectivity index (χ3v) is 4.70. The van der Waals surface area contributed by atoms with Crippen molar-refractivity contribution in [3.05, 3.63) is 65.6 Å². The first-order chi connectivity index (χ1) is 13.5. The Labute approximate surface area is 161 Å². The number of halogens is 1. The molecule has 1 fully saturated rings. The number of ether oxygens (including phenoxy) is 1. The van der Waals surface area contributed by atoms with E-state index in [-0.39, 0.29) is 11.7 Å². The molecule has 0 radical (unpaired) electrons. The fourth-order valence-electron chi connectivity index (χ4n) is 3.32. The van der Waals surface area contributed by atoms with Crippen molar-refractivity contribution in [3.8, 4) is 11.3 Å². The van der Waals surface area contributed by atoms with Crippen LogP contribution in [0.15, 0.2) is 42.9 Å². The van der Waals surface area contributed by atoms with Crippen LogP contribution in [0.5, 0.6) is 0 Å². The van der Waals surface area contributed by atoms with E-state index in [1.165, 1.54) is 12.1 Å². The van der Waals surface area contributed by atoms with Gasteiger partial charge in [-0.3, -0.25) is 14.5 Å². The summed E-state index contributed by atoms with van der Waals surface area (Å²) in [6, 6.07) is 6.21. The second-order valence-electron chi connectivity index (χ2n) is 6.75. The smallest absolute Gasteiger partial charge is 0.257 e. The Balaban J connectivity index is 1.56. The van der Waals surface area contributed by atoms with Crippen LogP contribution in [0.1, 0.15) is 27.8 Å². The van der Waals surface area contributed by atoms with Crippen molar-refractivity contribution in [2.24, 2.45) is 7.05 Å². The summed E-state index contributed by atoms with van der Waals surface area (Å²) >= 11 is 0. The van der Waals surface area contributed by atoms with Crippen LogP contribution >= 0.6 is 0 Å². The number of rotatable bonds is 3. The Kier molecular flexibility index (Phi) is 4.87. The summed E-state index contributed by atoms with van der Waals surface area (Å²) in [6.45, 7) is 3.09. The Morgan fingerprint density at radius 2 is 2.18 bits per heavy atom. The Hall–Kier alpha value is -3.13. The molecule has 1 aliphatic rings. The molecule has 0 spiro atoms. The lowest BCUT2D eigenvalue weighted by molar-refractivity contribution is -0.0248. The fraction of sp³-hybridized carbons (Fsp3) is 0.300. The normalized spacial score (nSPS) is 17.0. The molecule has 0 N–H and O–H groups in total. The lowest BCUT2D eigenvalue weighted by Crippen LogP contribution is -2.42. The zero-order valence-corrected chi connectivity index (χ0v) is 15.7. The topological polar surface area (TPSA) is 73.1 Å². The zero-order valence-electron chi connectivity index (χ0n) is 15.7. The molecule has 4 rings (SSSR count). The van der Waals surface area contributed by atoms with Crippen molar-refractivity contribution >= 4 is 5.91 Å². The van der Waals surface area contributed by atoms with Gasteiger partial charge in [0.1, 0.15) is 11.9 Å². The fourth-order valence-corrected chi connectivity index (χ4v) is 3.32. The van der Waals surface area contributed by atoms with Crippen molar-refractivity contribution in [1.82, 2.24) is 24.6 Å². The molecule has 1 aliphatic heterocycles. The van der Waals surface area contributed by atoms with Crippen molar-refractivity contribution < 1.29 is 13.9 Å². The van der Waals surface area contributed by atoms with E-state index < -0.39 is 6.10 Å². The molecule has 0 aliphatic carbocycles. The van der Waals surface area contributed by atoms with Gasteiger partial charge in [0.2, 0.25) is 0 Å². The monoisotopic (exact) mass is 381 g/mol. The molecule has 0 bridgehead atoms. The van der Waals surface area contributed by atoms with E-state index in [0.29, 0.717) is 47.9 Å². The maximum Gasteiger partial charge on any atom is 0.257 e. The minimum atomic E-state index is -0.393. The summed E-state index contributed by atoms with van der Waals surface area (Å²) in [5, 5.41) is 4.24. The first-order valence-electron chi connectivity index (χ1n) is 9.00. The average Bonchev–Trinajstić information content (AvgIpc) is 3.05. The highest BCUT2D eigenvalue weighted by Gasteiger charge is 2.29. The van der Waals surface area contributed by atoms with Gasteiger partial charge in [-0.2, -0.15) is 5.10 Å². The molecule has 2 aromatic heterocycles. The van der Waals surface area contributed by atoms with E-state index in [0.717, 1.165) is 0 Å². The van der Waals surface area contributed by atoms with Crippen LogP contribution in [0.4, 0.5) is 4.39 Å². The number of benzene rings is 1. The summed E-state index contributed by atoms with van der Waals surface area (Å²) in [5.74, 6) is -0.407. The Bertz CT molecular complexity index is 1020. The second kappa shape index (κ2) is 7.47. The van der Waals surface area contributed by atoms with E-state index in [1.54, 1.807) is 47.4 Å². The van der Waals surface area contributed by atoms with Crippen molar-refractivity contribution in [2.75, 3.05) is 19.7 Å². The molecule has 1 atom stereocenters. The molecular weight excluding hydrogens is 361 g/mol. The first kappa shape index (κ1) is 18.2. The van der Waals surface area contributed by atoms with Gasteiger partial charge in [0, 0.05) is 25.4 Å². The van der Waals surface area contributed by atoms with E-state index in [4.69, 9.17) is 4.74 Å². The van der Waals surface area contributed by atoms with Crippen molar-refractivity contribution in [2.45, 2.75) is 13.0 Å². The highest BCUT2D eigenvalue weighted by Crippen LogP contribution is 2.25. The molecule has 28 heavy (non-hydrogen) atoms. The van der Waals surface area contributed by atoms with Crippen LogP contribution in [0.25, 0.3) is 11.3 Å². The molecular formula is C20H20FN5O2. The van der Waals surface area contributed by atoms with Crippen LogP contribution in [-0.4, -0.2) is 50.3 Å². The number of hydrogen-bond acceptors (Lipinski definition) is 5. The molecule has 1 saturated heterocycles. The van der Waals surface area contributed by atoms with Crippen LogP contribution < -0.4 is 0 Å². The average molecular weight is 381 g/mol. The summed E-state index contributed by atoms with van der Waals surface area (Å²) in [4.78, 5) is 23.4. The van der Waals surface area contributed by atoms with Crippen LogP contribution in [-0.2, 0) is 11.8 Å². The number of morpholine rings is 1. The minimum absolute atomic E-state index is 0.0758. The highest BCUT2D eigenvalue weighted by molar-refractivity contribution is 5.95. The summed E-state index contributed by atoms with van der Waals surface area (Å²) in [6.07, 6.45) is 4.54. The standard InChI is InChI=1S/C20H20FN5O2/c1-13-16(11-25(2)24-13)20(27)26-6-7-28-19(12-26)18-10-22-9-17(23-18)14-4-3-5-15(21)8-14/h3-5,8-11,19H,6-7,12H2,1-2H3/t19-/m1/s1. The van der Waals surface area contributed by atoms with Crippen molar-refractivity contribution in [3.63, 3.8) is 0 Å². The third kappa shape index (κ3) is 3.63.